The van der Waals surface area contributed by atoms with E-state index in [0.717, 1.165) is 64.3 Å². The smallest absolute Gasteiger partial charge is 0.166 e. The number of H-pyrrole nitrogens is 1. The fraction of sp³-hybridized carbons (Fsp3) is 0.286. The minimum atomic E-state index is -0.490. The molecule has 1 N–H and O–H groups in total. The van der Waals surface area contributed by atoms with Crippen LogP contribution < -0.4 is 9.47 Å². The number of benzene rings is 2. The van der Waals surface area contributed by atoms with Gasteiger partial charge in [-0.3, -0.25) is 19.4 Å². The lowest BCUT2D eigenvalue weighted by atomic mass is 9.87. The molecule has 2 aromatic heterocycles. The number of nitrogens with zero attached hydrogens (tertiary/aromatic N) is 3. The molecule has 0 radical (unpaired) electrons. The molecule has 0 saturated carbocycles. The van der Waals surface area contributed by atoms with E-state index in [-0.39, 0.29) is 18.4 Å². The van der Waals surface area contributed by atoms with E-state index < -0.39 is 6.10 Å². The summed E-state index contributed by atoms with van der Waals surface area (Å²) in [6.45, 7) is 4.67. The van der Waals surface area contributed by atoms with Gasteiger partial charge in [0.2, 0.25) is 0 Å². The SMILES string of the molecule is CC1=C(c2ccc(F)cc2)C(c2ccc(OCCN3CC(CF)C3)cn2)Oc2c1ccc1[nH]ncc21. The van der Waals surface area contributed by atoms with E-state index in [1.165, 1.54) is 12.1 Å². The van der Waals surface area contributed by atoms with Gasteiger partial charge in [0.05, 0.1) is 35.7 Å². The average molecular weight is 489 g/mol. The first-order valence-corrected chi connectivity index (χ1v) is 12.1. The number of nitrogens with one attached hydrogen (secondary N) is 1. The number of aromatic nitrogens is 3. The first kappa shape index (κ1) is 22.7. The van der Waals surface area contributed by atoms with E-state index in [1.807, 2.05) is 24.3 Å². The van der Waals surface area contributed by atoms with Crippen molar-refractivity contribution in [1.29, 1.82) is 0 Å². The highest BCUT2D eigenvalue weighted by molar-refractivity contribution is 6.00. The van der Waals surface area contributed by atoms with Crippen LogP contribution >= 0.6 is 0 Å². The zero-order valence-corrected chi connectivity index (χ0v) is 19.9. The van der Waals surface area contributed by atoms with E-state index in [1.54, 1.807) is 24.5 Å². The molecule has 1 unspecified atom stereocenters. The lowest BCUT2D eigenvalue weighted by Crippen LogP contribution is -2.49. The van der Waals surface area contributed by atoms with Crippen molar-refractivity contribution in [1.82, 2.24) is 20.1 Å². The Kier molecular flexibility index (Phi) is 5.89. The number of ether oxygens (including phenoxy) is 2. The van der Waals surface area contributed by atoms with Crippen molar-refractivity contribution in [2.24, 2.45) is 5.92 Å². The third-order valence-electron chi connectivity index (χ3n) is 6.99. The van der Waals surface area contributed by atoms with Gasteiger partial charge in [-0.25, -0.2) is 4.39 Å². The average Bonchev–Trinajstić information content (AvgIpc) is 3.36. The Bertz CT molecular complexity index is 1410. The maximum absolute atomic E-state index is 13.7. The van der Waals surface area contributed by atoms with Crippen molar-refractivity contribution in [2.75, 3.05) is 32.9 Å². The van der Waals surface area contributed by atoms with Crippen molar-refractivity contribution in [3.63, 3.8) is 0 Å². The van der Waals surface area contributed by atoms with E-state index in [4.69, 9.17) is 9.47 Å². The number of alkyl halides is 1. The number of allylic oxidation sites excluding steroid dienone is 1. The molecule has 2 aliphatic rings. The molecule has 4 heterocycles. The van der Waals surface area contributed by atoms with Crippen LogP contribution in [-0.2, 0) is 0 Å². The molecule has 4 aromatic rings. The minimum Gasteiger partial charge on any atom is -0.491 e. The molecule has 184 valence electrons. The second-order valence-corrected chi connectivity index (χ2v) is 9.36. The molecule has 0 aliphatic carbocycles. The summed E-state index contributed by atoms with van der Waals surface area (Å²) in [6.07, 6.45) is 2.97. The van der Waals surface area contributed by atoms with Crippen LogP contribution in [-0.4, -0.2) is 53.0 Å². The van der Waals surface area contributed by atoms with E-state index in [2.05, 4.69) is 27.0 Å². The number of hydrogen-bond donors (Lipinski definition) is 1. The van der Waals surface area contributed by atoms with Crippen LogP contribution in [0.1, 0.15) is 29.8 Å². The highest BCUT2D eigenvalue weighted by Crippen LogP contribution is 2.48. The third-order valence-corrected chi connectivity index (χ3v) is 6.99. The van der Waals surface area contributed by atoms with Crippen molar-refractivity contribution in [3.05, 3.63) is 83.6 Å². The van der Waals surface area contributed by atoms with Crippen molar-refractivity contribution in [3.8, 4) is 11.5 Å². The second kappa shape index (κ2) is 9.35. The maximum Gasteiger partial charge on any atom is 0.166 e. The number of pyridine rings is 1. The Hall–Kier alpha value is -3.78. The van der Waals surface area contributed by atoms with Gasteiger partial charge < -0.3 is 9.47 Å². The van der Waals surface area contributed by atoms with Crippen LogP contribution in [0.2, 0.25) is 0 Å². The Morgan fingerprint density at radius 2 is 1.92 bits per heavy atom. The third kappa shape index (κ3) is 4.11. The molecule has 1 atom stereocenters. The molecule has 1 saturated heterocycles. The molecule has 0 amide bonds. The van der Waals surface area contributed by atoms with E-state index >= 15 is 0 Å². The first-order chi connectivity index (χ1) is 17.6. The zero-order valence-electron chi connectivity index (χ0n) is 19.9. The predicted octanol–water partition coefficient (Wildman–Crippen LogP) is 5.44. The quantitative estimate of drug-likeness (QED) is 0.375. The Morgan fingerprint density at radius 3 is 2.67 bits per heavy atom. The second-order valence-electron chi connectivity index (χ2n) is 9.36. The number of rotatable bonds is 7. The molecule has 8 heteroatoms. The highest BCUT2D eigenvalue weighted by atomic mass is 19.1. The topological polar surface area (TPSA) is 63.3 Å². The predicted molar refractivity (Wildman–Crippen MR) is 134 cm³/mol. The summed E-state index contributed by atoms with van der Waals surface area (Å²) in [6, 6.07) is 14.2. The van der Waals surface area contributed by atoms with Gasteiger partial charge in [-0.15, -0.1) is 0 Å². The van der Waals surface area contributed by atoms with E-state index in [9.17, 15) is 8.78 Å². The Morgan fingerprint density at radius 1 is 1.08 bits per heavy atom. The molecular weight excluding hydrogens is 462 g/mol. The number of hydrogen-bond acceptors (Lipinski definition) is 5. The van der Waals surface area contributed by atoms with Gasteiger partial charge in [0.1, 0.15) is 23.9 Å². The Labute approximate surface area is 207 Å². The van der Waals surface area contributed by atoms with Gasteiger partial charge in [-0.2, -0.15) is 5.10 Å². The monoisotopic (exact) mass is 488 g/mol. The normalized spacial score (nSPS) is 18.1. The largest absolute Gasteiger partial charge is 0.491 e. The maximum atomic E-state index is 13.7. The number of fused-ring (bicyclic) bond motifs is 3. The van der Waals surface area contributed by atoms with Crippen LogP contribution in [0.4, 0.5) is 8.78 Å². The van der Waals surface area contributed by atoms with Crippen molar-refractivity contribution < 1.29 is 18.3 Å². The summed E-state index contributed by atoms with van der Waals surface area (Å²) in [5.41, 5.74) is 5.44. The molecule has 0 bridgehead atoms. The number of halogens is 2. The van der Waals surface area contributed by atoms with Gasteiger partial charge in [-0.05, 0) is 54.5 Å². The molecule has 6 rings (SSSR count). The summed E-state index contributed by atoms with van der Waals surface area (Å²) in [5, 5.41) is 8.07. The highest BCUT2D eigenvalue weighted by Gasteiger charge is 2.32. The number of likely N-dealkylation sites (tertiary alicyclic amines) is 1. The van der Waals surface area contributed by atoms with Gasteiger partial charge >= 0.3 is 0 Å². The summed E-state index contributed by atoms with van der Waals surface area (Å²) in [7, 11) is 0. The lowest BCUT2D eigenvalue weighted by molar-refractivity contribution is 0.0668. The number of aromatic amines is 1. The van der Waals surface area contributed by atoms with E-state index in [0.29, 0.717) is 12.4 Å². The van der Waals surface area contributed by atoms with Crippen LogP contribution in [0, 0.1) is 11.7 Å². The van der Waals surface area contributed by atoms with Crippen molar-refractivity contribution >= 4 is 22.0 Å². The minimum absolute atomic E-state index is 0.168. The molecule has 2 aromatic carbocycles. The standard InChI is InChI=1S/C28H26F2N4O2/c1-17-22-7-9-24-23(14-32-33-24)27(22)36-28(26(17)19-2-4-20(30)5-3-19)25-8-6-21(13-31-25)35-11-10-34-15-18(12-29)16-34/h2-9,13-14,18,28H,10-12,15-16H2,1H3,(H,32,33). The summed E-state index contributed by atoms with van der Waals surface area (Å²) >= 11 is 0. The molecule has 2 aliphatic heterocycles. The van der Waals surface area contributed by atoms with Crippen molar-refractivity contribution in [2.45, 2.75) is 13.0 Å². The summed E-state index contributed by atoms with van der Waals surface area (Å²) < 4.78 is 38.8. The molecule has 36 heavy (non-hydrogen) atoms. The van der Waals surface area contributed by atoms with Gasteiger partial charge in [0.25, 0.3) is 0 Å². The summed E-state index contributed by atoms with van der Waals surface area (Å²) in [5.74, 6) is 1.29. The van der Waals surface area contributed by atoms with Crippen LogP contribution in [0.15, 0.2) is 60.9 Å². The molecule has 6 nitrogen and oxygen atoms in total. The van der Waals surface area contributed by atoms with Crippen LogP contribution in [0.5, 0.6) is 11.5 Å². The van der Waals surface area contributed by atoms with Crippen LogP contribution in [0.25, 0.3) is 22.0 Å². The summed E-state index contributed by atoms with van der Waals surface area (Å²) in [4.78, 5) is 6.86. The molecular formula is C28H26F2N4O2. The van der Waals surface area contributed by atoms with Gasteiger partial charge in [0, 0.05) is 36.7 Å². The first-order valence-electron chi connectivity index (χ1n) is 12.1. The Balaban J connectivity index is 1.29. The lowest BCUT2D eigenvalue weighted by Gasteiger charge is -2.37. The van der Waals surface area contributed by atoms with Crippen LogP contribution in [0.3, 0.4) is 0 Å². The fourth-order valence-electron chi connectivity index (χ4n) is 5.02. The fourth-order valence-corrected chi connectivity index (χ4v) is 5.02. The molecule has 0 spiro atoms. The van der Waals surface area contributed by atoms with Gasteiger partial charge in [-0.1, -0.05) is 12.1 Å². The zero-order chi connectivity index (χ0) is 24.6. The molecule has 1 fully saturated rings. The van der Waals surface area contributed by atoms with Gasteiger partial charge in [0.15, 0.2) is 6.10 Å².